The van der Waals surface area contributed by atoms with Crippen molar-refractivity contribution in [1.29, 1.82) is 0 Å². The average molecular weight is 414 g/mol. The number of Topliss-reactive ketones (excluding diaryl/α,β-unsaturated/α-hetero) is 1. The molecule has 0 aliphatic heterocycles. The molecule has 1 saturated carbocycles. The Bertz CT molecular complexity index is 821. The molecular formula is C20H24F2O5S. The monoisotopic (exact) mass is 414 g/mol. The summed E-state index contributed by atoms with van der Waals surface area (Å²) in [4.78, 5) is 37.2. The molecule has 8 heteroatoms. The van der Waals surface area contributed by atoms with Crippen molar-refractivity contribution in [3.05, 3.63) is 20.9 Å². The van der Waals surface area contributed by atoms with E-state index in [4.69, 9.17) is 4.74 Å². The minimum absolute atomic E-state index is 0.0358. The van der Waals surface area contributed by atoms with Crippen molar-refractivity contribution in [1.82, 2.24) is 0 Å². The number of halogens is 2. The smallest absolute Gasteiger partial charge is 0.337 e. The van der Waals surface area contributed by atoms with E-state index in [9.17, 15) is 28.3 Å². The molecule has 1 aromatic heterocycles. The van der Waals surface area contributed by atoms with Gasteiger partial charge in [-0.15, -0.1) is 11.3 Å². The molecule has 0 spiro atoms. The van der Waals surface area contributed by atoms with Crippen LogP contribution in [0.1, 0.15) is 65.7 Å². The van der Waals surface area contributed by atoms with Crippen molar-refractivity contribution >= 4 is 29.1 Å². The number of carbonyl (C=O) groups excluding carboxylic acids is 2. The van der Waals surface area contributed by atoms with Crippen LogP contribution in [-0.4, -0.2) is 34.4 Å². The summed E-state index contributed by atoms with van der Waals surface area (Å²) >= 11 is 1.23. The first-order chi connectivity index (χ1) is 12.9. The van der Waals surface area contributed by atoms with E-state index in [2.05, 4.69) is 0 Å². The fourth-order valence-electron chi connectivity index (χ4n) is 3.72. The minimum atomic E-state index is -2.95. The van der Waals surface area contributed by atoms with E-state index < -0.39 is 35.6 Å². The molecule has 0 bridgehead atoms. The van der Waals surface area contributed by atoms with Crippen molar-refractivity contribution in [2.75, 3.05) is 0 Å². The lowest BCUT2D eigenvalue weighted by molar-refractivity contribution is -0.156. The molecule has 1 N–H and O–H groups in total. The minimum Gasteiger partial charge on any atom is -0.478 e. The topological polar surface area (TPSA) is 80.7 Å². The molecule has 1 heterocycles. The van der Waals surface area contributed by atoms with Gasteiger partial charge >= 0.3 is 11.9 Å². The maximum absolute atomic E-state index is 13.1. The van der Waals surface area contributed by atoms with E-state index in [0.29, 0.717) is 23.3 Å². The number of hydrogen-bond acceptors (Lipinski definition) is 5. The summed E-state index contributed by atoms with van der Waals surface area (Å²) in [6.45, 7) is 5.37. The first-order valence-electron chi connectivity index (χ1n) is 9.36. The molecule has 1 aromatic rings. The highest BCUT2D eigenvalue weighted by molar-refractivity contribution is 7.12. The van der Waals surface area contributed by atoms with Gasteiger partial charge in [-0.2, -0.15) is 0 Å². The molecule has 1 unspecified atom stereocenters. The van der Waals surface area contributed by atoms with Crippen LogP contribution in [0, 0.1) is 11.8 Å². The van der Waals surface area contributed by atoms with E-state index >= 15 is 0 Å². The molecule has 0 saturated heterocycles. The van der Waals surface area contributed by atoms with Gasteiger partial charge in [-0.25, -0.2) is 13.6 Å². The molecule has 5 nitrogen and oxygen atoms in total. The number of rotatable bonds is 6. The zero-order valence-electron chi connectivity index (χ0n) is 16.1. The zero-order valence-corrected chi connectivity index (χ0v) is 17.0. The summed E-state index contributed by atoms with van der Waals surface area (Å²) < 4.78 is 31.6. The van der Waals surface area contributed by atoms with Crippen LogP contribution in [0.3, 0.4) is 0 Å². The number of esters is 1. The molecule has 2 aliphatic rings. The SMILES string of the molecule is CC(C)(C)OC(=O)C[C@H]1CCc2sc(CC(=O)C3CC3(F)F)c(C(=O)O)c2C1. The molecule has 1 fully saturated rings. The number of fused-ring (bicyclic) bond motifs is 1. The van der Waals surface area contributed by atoms with Gasteiger partial charge in [0.1, 0.15) is 11.4 Å². The summed E-state index contributed by atoms with van der Waals surface area (Å²) in [6.07, 6.45) is 1.24. The van der Waals surface area contributed by atoms with Crippen LogP contribution in [0.25, 0.3) is 0 Å². The molecular weight excluding hydrogens is 390 g/mol. The van der Waals surface area contributed by atoms with E-state index in [1.54, 1.807) is 20.8 Å². The second kappa shape index (κ2) is 7.21. The Morgan fingerprint density at radius 2 is 1.93 bits per heavy atom. The molecule has 28 heavy (non-hydrogen) atoms. The number of ether oxygens (including phenoxy) is 1. The number of thiophene rings is 1. The predicted molar refractivity (Wildman–Crippen MR) is 99.0 cm³/mol. The van der Waals surface area contributed by atoms with E-state index in [-0.39, 0.29) is 30.3 Å². The highest BCUT2D eigenvalue weighted by Crippen LogP contribution is 2.50. The van der Waals surface area contributed by atoms with Crippen LogP contribution in [0.2, 0.25) is 0 Å². The fourth-order valence-corrected chi connectivity index (χ4v) is 5.08. The van der Waals surface area contributed by atoms with Gasteiger partial charge < -0.3 is 9.84 Å². The van der Waals surface area contributed by atoms with Crippen molar-refractivity contribution in [2.24, 2.45) is 11.8 Å². The largest absolute Gasteiger partial charge is 0.478 e. The number of aryl methyl sites for hydroxylation is 1. The maximum atomic E-state index is 13.1. The number of carboxylic acid groups (broad SMARTS) is 1. The van der Waals surface area contributed by atoms with Crippen LogP contribution in [-0.2, 0) is 33.6 Å². The standard InChI is InChI=1S/C20H24F2O5S/c1-19(2,3)27-16(24)7-10-4-5-14-11(6-10)17(18(25)26)15(28-14)8-13(23)12-9-20(12,21)22/h10,12H,4-9H2,1-3H3,(H,25,26)/t10-,12?/m0/s1. The highest BCUT2D eigenvalue weighted by atomic mass is 32.1. The van der Waals surface area contributed by atoms with Gasteiger partial charge in [-0.05, 0) is 51.5 Å². The van der Waals surface area contributed by atoms with Gasteiger partial charge in [0.05, 0.1) is 11.5 Å². The summed E-state index contributed by atoms with van der Waals surface area (Å²) in [6, 6.07) is 0. The van der Waals surface area contributed by atoms with Gasteiger partial charge in [0.25, 0.3) is 5.92 Å². The molecule has 3 rings (SSSR count). The van der Waals surface area contributed by atoms with Crippen molar-refractivity contribution < 1.29 is 33.0 Å². The van der Waals surface area contributed by atoms with Gasteiger partial charge in [0.2, 0.25) is 0 Å². The zero-order chi connectivity index (χ0) is 20.9. The third-order valence-electron chi connectivity index (χ3n) is 5.07. The number of carboxylic acids is 1. The summed E-state index contributed by atoms with van der Waals surface area (Å²) in [5.41, 5.74) is 0.123. The number of hydrogen-bond donors (Lipinski definition) is 1. The third kappa shape index (κ3) is 4.59. The summed E-state index contributed by atoms with van der Waals surface area (Å²) in [5, 5.41) is 9.66. The number of aromatic carboxylic acids is 1. The molecule has 0 radical (unpaired) electrons. The highest BCUT2D eigenvalue weighted by Gasteiger charge is 2.60. The predicted octanol–water partition coefficient (Wildman–Crippen LogP) is 4.05. The fraction of sp³-hybridized carbons (Fsp3) is 0.650. The lowest BCUT2D eigenvalue weighted by Gasteiger charge is -2.25. The van der Waals surface area contributed by atoms with Crippen LogP contribution in [0.15, 0.2) is 0 Å². The van der Waals surface area contributed by atoms with Gasteiger partial charge in [-0.3, -0.25) is 9.59 Å². The van der Waals surface area contributed by atoms with Crippen molar-refractivity contribution in [3.8, 4) is 0 Å². The van der Waals surface area contributed by atoms with Gasteiger partial charge in [0.15, 0.2) is 0 Å². The Morgan fingerprint density at radius 1 is 1.29 bits per heavy atom. The van der Waals surface area contributed by atoms with Crippen LogP contribution < -0.4 is 0 Å². The van der Waals surface area contributed by atoms with E-state index in [0.717, 1.165) is 11.3 Å². The Labute approximate surface area is 166 Å². The number of alkyl halides is 2. The second-order valence-electron chi connectivity index (χ2n) is 8.67. The van der Waals surface area contributed by atoms with Crippen LogP contribution in [0.4, 0.5) is 8.78 Å². The first-order valence-corrected chi connectivity index (χ1v) is 10.2. The first kappa shape index (κ1) is 20.9. The molecule has 0 amide bonds. The third-order valence-corrected chi connectivity index (χ3v) is 6.37. The number of ketones is 1. The lowest BCUT2D eigenvalue weighted by atomic mass is 9.84. The Kier molecular flexibility index (Phi) is 5.38. The number of carbonyl (C=O) groups is 3. The Hall–Kier alpha value is -1.83. The van der Waals surface area contributed by atoms with E-state index in [1.165, 1.54) is 11.3 Å². The molecule has 0 aromatic carbocycles. The van der Waals surface area contributed by atoms with Gasteiger partial charge in [0, 0.05) is 29.0 Å². The lowest BCUT2D eigenvalue weighted by Crippen LogP contribution is -2.27. The van der Waals surface area contributed by atoms with Crippen molar-refractivity contribution in [3.63, 3.8) is 0 Å². The molecule has 154 valence electrons. The Morgan fingerprint density at radius 3 is 2.46 bits per heavy atom. The van der Waals surface area contributed by atoms with Crippen LogP contribution in [0.5, 0.6) is 0 Å². The average Bonchev–Trinajstić information content (AvgIpc) is 3.01. The second-order valence-corrected chi connectivity index (χ2v) is 9.86. The van der Waals surface area contributed by atoms with Crippen LogP contribution >= 0.6 is 11.3 Å². The quantitative estimate of drug-likeness (QED) is 0.711. The van der Waals surface area contributed by atoms with E-state index in [1.807, 2.05) is 0 Å². The van der Waals surface area contributed by atoms with Crippen molar-refractivity contribution in [2.45, 2.75) is 70.8 Å². The van der Waals surface area contributed by atoms with Gasteiger partial charge in [-0.1, -0.05) is 0 Å². The normalized spacial score (nSPS) is 23.0. The molecule has 2 atom stereocenters. The molecule has 2 aliphatic carbocycles. The summed E-state index contributed by atoms with van der Waals surface area (Å²) in [5.74, 6) is -6.34. The summed E-state index contributed by atoms with van der Waals surface area (Å²) in [7, 11) is 0. The Balaban J connectivity index is 1.74. The maximum Gasteiger partial charge on any atom is 0.337 e.